The van der Waals surface area contributed by atoms with Crippen molar-refractivity contribution in [3.05, 3.63) is 18.1 Å². The van der Waals surface area contributed by atoms with E-state index < -0.39 is 0 Å². The number of halogens is 1. The number of nitrogens with zero attached hydrogens (tertiary/aromatic N) is 2. The van der Waals surface area contributed by atoms with Gasteiger partial charge in [-0.1, -0.05) is 0 Å². The highest BCUT2D eigenvalue weighted by molar-refractivity contribution is 7.18. The van der Waals surface area contributed by atoms with Gasteiger partial charge in [-0.3, -0.25) is 0 Å². The van der Waals surface area contributed by atoms with Crippen LogP contribution in [0, 0.1) is 0 Å². The molecule has 1 unspecified atom stereocenters. The van der Waals surface area contributed by atoms with Gasteiger partial charge in [0, 0.05) is 11.8 Å². The summed E-state index contributed by atoms with van der Waals surface area (Å²) in [4.78, 5) is 7.53. The van der Waals surface area contributed by atoms with Crippen molar-refractivity contribution in [1.29, 1.82) is 0 Å². The Labute approximate surface area is 71.4 Å². The molecular formula is C6H8FN4P. The lowest BCUT2D eigenvalue weighted by Crippen LogP contribution is -1.98. The molecule has 64 valence electrons. The first-order valence-electron chi connectivity index (χ1n) is 3.14. The first-order valence-corrected chi connectivity index (χ1v) is 3.71. The van der Waals surface area contributed by atoms with Crippen LogP contribution in [0.4, 0.5) is 16.2 Å². The molecular weight excluding hydrogens is 178 g/mol. The van der Waals surface area contributed by atoms with Gasteiger partial charge in [0.25, 0.3) is 0 Å². The fourth-order valence-electron chi connectivity index (χ4n) is 0.710. The van der Waals surface area contributed by atoms with E-state index in [0.717, 1.165) is 0 Å². The lowest BCUT2D eigenvalue weighted by molar-refractivity contribution is 0.727. The Morgan fingerprint density at radius 1 is 1.67 bits per heavy atom. The van der Waals surface area contributed by atoms with Crippen molar-refractivity contribution in [2.45, 2.75) is 0 Å². The highest BCUT2D eigenvalue weighted by atomic mass is 31.0. The van der Waals surface area contributed by atoms with Crippen molar-refractivity contribution in [3.63, 3.8) is 0 Å². The van der Waals surface area contributed by atoms with E-state index in [2.05, 4.69) is 24.4 Å². The van der Waals surface area contributed by atoms with Gasteiger partial charge in [-0.05, 0) is 15.5 Å². The summed E-state index contributed by atoms with van der Waals surface area (Å²) in [7, 11) is 2.25. The number of hydrogen-bond donors (Lipinski definition) is 2. The number of nitrogens with one attached hydrogen (secondary N) is 1. The highest BCUT2D eigenvalue weighted by Crippen LogP contribution is 2.15. The smallest absolute Gasteiger partial charge is 0.221 e. The molecule has 0 aromatic carbocycles. The maximum atomic E-state index is 11.8. The predicted molar refractivity (Wildman–Crippen MR) is 49.9 cm³/mol. The van der Waals surface area contributed by atoms with Gasteiger partial charge < -0.3 is 10.8 Å². The molecule has 1 heterocycles. The van der Waals surface area contributed by atoms with Crippen molar-refractivity contribution >= 4 is 27.2 Å². The molecule has 0 spiro atoms. The molecule has 1 aromatic heterocycles. The minimum atomic E-state index is 0.149. The average molecular weight is 186 g/mol. The fourth-order valence-corrected chi connectivity index (χ4v) is 0.941. The largest absolute Gasteiger partial charge is 0.368 e. The number of nitrogens with two attached hydrogens (primary N) is 1. The molecule has 1 rings (SSSR count). The van der Waals surface area contributed by atoms with E-state index in [1.165, 1.54) is 12.3 Å². The van der Waals surface area contributed by atoms with Gasteiger partial charge in [0.1, 0.15) is 5.82 Å². The monoisotopic (exact) mass is 186 g/mol. The van der Waals surface area contributed by atoms with Crippen LogP contribution in [-0.4, -0.2) is 9.97 Å². The van der Waals surface area contributed by atoms with Gasteiger partial charge in [0.15, 0.2) is 0 Å². The average Bonchev–Trinajstić information content (AvgIpc) is 2.08. The third-order valence-electron chi connectivity index (χ3n) is 1.21. The third kappa shape index (κ3) is 1.89. The molecule has 0 saturated carbocycles. The van der Waals surface area contributed by atoms with Crippen LogP contribution >= 0.6 is 9.39 Å². The molecule has 1 aromatic rings. The molecule has 12 heavy (non-hydrogen) atoms. The van der Waals surface area contributed by atoms with Gasteiger partial charge >= 0.3 is 0 Å². The molecule has 1 atom stereocenters. The van der Waals surface area contributed by atoms with E-state index in [0.29, 0.717) is 17.7 Å². The quantitative estimate of drug-likeness (QED) is 0.681. The molecule has 0 aliphatic heterocycles. The number of anilines is 2. The topological polar surface area (TPSA) is 63.8 Å². The Hall–Kier alpha value is -1.22. The first-order chi connectivity index (χ1) is 5.77. The predicted octanol–water partition coefficient (Wildman–Crippen LogP) is 1.20. The molecule has 0 fully saturated rings. The first kappa shape index (κ1) is 8.87. The van der Waals surface area contributed by atoms with Gasteiger partial charge in [0.2, 0.25) is 5.95 Å². The Morgan fingerprint density at radius 3 is 3.00 bits per heavy atom. The zero-order chi connectivity index (χ0) is 8.97. The molecule has 0 bridgehead atoms. The van der Waals surface area contributed by atoms with Crippen LogP contribution in [0.5, 0.6) is 0 Å². The van der Waals surface area contributed by atoms with Crippen molar-refractivity contribution in [3.8, 4) is 0 Å². The minimum absolute atomic E-state index is 0.149. The summed E-state index contributed by atoms with van der Waals surface area (Å²) in [6.07, 6.45) is 3.09. The summed E-state index contributed by atoms with van der Waals surface area (Å²) in [5.74, 6) is 0.623. The van der Waals surface area contributed by atoms with Gasteiger partial charge in [-0.2, -0.15) is 4.98 Å². The van der Waals surface area contributed by atoms with Crippen LogP contribution in [0.2, 0.25) is 0 Å². The van der Waals surface area contributed by atoms with Crippen molar-refractivity contribution < 1.29 is 4.39 Å². The number of aromatic nitrogens is 2. The molecule has 0 aliphatic carbocycles. The second-order valence-corrected chi connectivity index (χ2v) is 2.26. The molecule has 0 aliphatic rings. The van der Waals surface area contributed by atoms with E-state index in [9.17, 15) is 4.39 Å². The van der Waals surface area contributed by atoms with Gasteiger partial charge in [0.05, 0.1) is 6.33 Å². The van der Waals surface area contributed by atoms with E-state index in [-0.39, 0.29) is 5.95 Å². The fraction of sp³-hybridized carbons (Fsp3) is 0. The standard InChI is InChI=1S/C6H8FN4P/c7-2-1-4-3-9-6(8)10-5(4)11-12/h1-3H,12H2,(H3,8,9,10,11)/b2-1-. The number of nitrogen functional groups attached to an aromatic ring is 1. The van der Waals surface area contributed by atoms with Crippen LogP contribution in [0.1, 0.15) is 5.56 Å². The summed E-state index contributed by atoms with van der Waals surface area (Å²) in [6.45, 7) is 0. The molecule has 4 nitrogen and oxygen atoms in total. The van der Waals surface area contributed by atoms with E-state index >= 15 is 0 Å². The second kappa shape index (κ2) is 3.97. The van der Waals surface area contributed by atoms with E-state index in [1.54, 1.807) is 0 Å². The maximum Gasteiger partial charge on any atom is 0.221 e. The van der Waals surface area contributed by atoms with Gasteiger partial charge in [-0.15, -0.1) is 0 Å². The van der Waals surface area contributed by atoms with Crippen LogP contribution < -0.4 is 10.8 Å². The lowest BCUT2D eigenvalue weighted by Gasteiger charge is -2.02. The Balaban J connectivity index is 3.10. The number of rotatable bonds is 2. The summed E-state index contributed by atoms with van der Waals surface area (Å²) >= 11 is 0. The summed E-state index contributed by atoms with van der Waals surface area (Å²) in [6, 6.07) is 0. The number of hydrogen-bond acceptors (Lipinski definition) is 4. The SMILES string of the molecule is Nc1ncc(/C=C\F)c(NP)n1. The second-order valence-electron chi connectivity index (χ2n) is 1.97. The highest BCUT2D eigenvalue weighted by Gasteiger charge is 1.99. The Bertz CT molecular complexity index is 302. The lowest BCUT2D eigenvalue weighted by atomic mass is 10.3. The van der Waals surface area contributed by atoms with Gasteiger partial charge in [-0.25, -0.2) is 9.37 Å². The normalized spacial score (nSPS) is 10.5. The van der Waals surface area contributed by atoms with Crippen LogP contribution in [-0.2, 0) is 0 Å². The molecule has 0 saturated heterocycles. The van der Waals surface area contributed by atoms with Crippen LogP contribution in [0.3, 0.4) is 0 Å². The Morgan fingerprint density at radius 2 is 2.42 bits per heavy atom. The summed E-state index contributed by atoms with van der Waals surface area (Å²) in [5, 5.41) is 2.69. The Kier molecular flexibility index (Phi) is 2.94. The van der Waals surface area contributed by atoms with Crippen LogP contribution in [0.15, 0.2) is 12.5 Å². The van der Waals surface area contributed by atoms with Crippen molar-refractivity contribution in [2.24, 2.45) is 0 Å². The molecule has 6 heteroatoms. The van der Waals surface area contributed by atoms with Crippen molar-refractivity contribution in [1.82, 2.24) is 9.97 Å². The van der Waals surface area contributed by atoms with E-state index in [4.69, 9.17) is 5.73 Å². The molecule has 0 radical (unpaired) electrons. The molecule has 0 amide bonds. The summed E-state index contributed by atoms with van der Waals surface area (Å²) < 4.78 is 11.8. The summed E-state index contributed by atoms with van der Waals surface area (Å²) in [5.41, 5.74) is 5.85. The maximum absolute atomic E-state index is 11.8. The third-order valence-corrected chi connectivity index (χ3v) is 1.49. The minimum Gasteiger partial charge on any atom is -0.368 e. The van der Waals surface area contributed by atoms with Crippen molar-refractivity contribution in [2.75, 3.05) is 10.8 Å². The zero-order valence-electron chi connectivity index (χ0n) is 6.16. The zero-order valence-corrected chi connectivity index (χ0v) is 7.31. The molecule has 3 N–H and O–H groups in total. The van der Waals surface area contributed by atoms with E-state index in [1.807, 2.05) is 0 Å². The van der Waals surface area contributed by atoms with Crippen LogP contribution in [0.25, 0.3) is 6.08 Å².